The zero-order valence-corrected chi connectivity index (χ0v) is 8.49. The van der Waals surface area contributed by atoms with Gasteiger partial charge in [-0.3, -0.25) is 4.79 Å². The van der Waals surface area contributed by atoms with Crippen LogP contribution in [0.15, 0.2) is 41.5 Å². The molecule has 0 radical (unpaired) electrons. The van der Waals surface area contributed by atoms with E-state index in [4.69, 9.17) is 0 Å². The molecule has 0 unspecified atom stereocenters. The molecule has 0 aliphatic heterocycles. The highest BCUT2D eigenvalue weighted by Crippen LogP contribution is 2.31. The van der Waals surface area contributed by atoms with E-state index in [2.05, 4.69) is 24.3 Å². The Balaban J connectivity index is 2.12. The molecule has 1 aromatic carbocycles. The number of Topliss-reactive ketones (excluding diaryl/α,β-unsaturated/α-hetero) is 1. The first-order chi connectivity index (χ1) is 7.34. The van der Waals surface area contributed by atoms with Crippen molar-refractivity contribution in [3.05, 3.63) is 52.6 Å². The lowest BCUT2D eigenvalue weighted by Gasteiger charge is -2.04. The van der Waals surface area contributed by atoms with E-state index in [1.54, 1.807) is 0 Å². The topological polar surface area (TPSA) is 17.1 Å². The van der Waals surface area contributed by atoms with Crippen molar-refractivity contribution in [3.63, 3.8) is 0 Å². The summed E-state index contributed by atoms with van der Waals surface area (Å²) in [4.78, 5) is 11.7. The normalized spacial score (nSPS) is 18.8. The SMILES string of the molecule is O=C1CCC2=C1Cc1ccccc1C=C2. The molecule has 0 heterocycles. The summed E-state index contributed by atoms with van der Waals surface area (Å²) in [6.07, 6.45) is 6.70. The molecule has 0 N–H and O–H groups in total. The number of carbonyl (C=O) groups excluding carboxylic acids is 1. The van der Waals surface area contributed by atoms with Gasteiger partial charge < -0.3 is 0 Å². The third kappa shape index (κ3) is 1.35. The van der Waals surface area contributed by atoms with E-state index < -0.39 is 0 Å². The van der Waals surface area contributed by atoms with Gasteiger partial charge in [-0.1, -0.05) is 36.4 Å². The molecule has 2 aliphatic carbocycles. The van der Waals surface area contributed by atoms with Gasteiger partial charge in [0.1, 0.15) is 0 Å². The standard InChI is InChI=1S/C14H12O/c15-14-8-7-11-6-5-10-3-1-2-4-12(10)9-13(11)14/h1-6H,7-9H2. The Labute approximate surface area is 89.1 Å². The van der Waals surface area contributed by atoms with Gasteiger partial charge in [0.2, 0.25) is 0 Å². The molecule has 1 aromatic rings. The molecular weight excluding hydrogens is 184 g/mol. The van der Waals surface area contributed by atoms with Crippen molar-refractivity contribution in [2.45, 2.75) is 19.3 Å². The van der Waals surface area contributed by atoms with Crippen molar-refractivity contribution in [1.82, 2.24) is 0 Å². The van der Waals surface area contributed by atoms with Crippen molar-refractivity contribution < 1.29 is 4.79 Å². The highest BCUT2D eigenvalue weighted by molar-refractivity contribution is 6.00. The van der Waals surface area contributed by atoms with Gasteiger partial charge in [0, 0.05) is 18.4 Å². The summed E-state index contributed by atoms with van der Waals surface area (Å²) < 4.78 is 0. The quantitative estimate of drug-likeness (QED) is 0.623. The van der Waals surface area contributed by atoms with Gasteiger partial charge in [0.05, 0.1) is 0 Å². The Morgan fingerprint density at radius 2 is 1.87 bits per heavy atom. The number of fused-ring (bicyclic) bond motifs is 1. The van der Waals surface area contributed by atoms with E-state index in [-0.39, 0.29) is 0 Å². The molecule has 0 atom stereocenters. The molecule has 0 aromatic heterocycles. The molecule has 0 amide bonds. The lowest BCUT2D eigenvalue weighted by Crippen LogP contribution is -2.00. The van der Waals surface area contributed by atoms with Gasteiger partial charge >= 0.3 is 0 Å². The molecule has 2 aliphatic rings. The summed E-state index contributed by atoms with van der Waals surface area (Å²) in [5.74, 6) is 0.339. The molecule has 0 spiro atoms. The number of carbonyl (C=O) groups is 1. The number of allylic oxidation sites excluding steroid dienone is 3. The minimum atomic E-state index is 0.339. The van der Waals surface area contributed by atoms with Crippen LogP contribution in [0.4, 0.5) is 0 Å². The fraction of sp³-hybridized carbons (Fsp3) is 0.214. The second-order valence-corrected chi connectivity index (χ2v) is 4.14. The second-order valence-electron chi connectivity index (χ2n) is 4.14. The van der Waals surface area contributed by atoms with Gasteiger partial charge in [-0.15, -0.1) is 0 Å². The number of rotatable bonds is 0. The molecular formula is C14H12O. The molecule has 15 heavy (non-hydrogen) atoms. The maximum atomic E-state index is 11.7. The van der Waals surface area contributed by atoms with Crippen LogP contribution in [-0.4, -0.2) is 5.78 Å². The minimum Gasteiger partial charge on any atom is -0.295 e. The van der Waals surface area contributed by atoms with Crippen LogP contribution in [-0.2, 0) is 11.2 Å². The van der Waals surface area contributed by atoms with Gasteiger partial charge in [0.25, 0.3) is 0 Å². The van der Waals surface area contributed by atoms with Crippen LogP contribution in [0.1, 0.15) is 24.0 Å². The molecule has 0 saturated carbocycles. The zero-order valence-electron chi connectivity index (χ0n) is 8.49. The maximum Gasteiger partial charge on any atom is 0.159 e. The zero-order chi connectivity index (χ0) is 10.3. The molecule has 0 saturated heterocycles. The summed E-state index contributed by atoms with van der Waals surface area (Å²) in [6, 6.07) is 8.30. The lowest BCUT2D eigenvalue weighted by atomic mass is 10.00. The van der Waals surface area contributed by atoms with Crippen molar-refractivity contribution in [2.24, 2.45) is 0 Å². The van der Waals surface area contributed by atoms with Crippen LogP contribution in [0.25, 0.3) is 6.08 Å². The van der Waals surface area contributed by atoms with Gasteiger partial charge in [-0.2, -0.15) is 0 Å². The Hall–Kier alpha value is -1.63. The van der Waals surface area contributed by atoms with Crippen LogP contribution in [0.3, 0.4) is 0 Å². The monoisotopic (exact) mass is 196 g/mol. The van der Waals surface area contributed by atoms with Crippen LogP contribution >= 0.6 is 0 Å². The molecule has 0 fully saturated rings. The summed E-state index contributed by atoms with van der Waals surface area (Å²) in [5.41, 5.74) is 4.81. The fourth-order valence-corrected chi connectivity index (χ4v) is 2.36. The first kappa shape index (κ1) is 8.66. The van der Waals surface area contributed by atoms with Gasteiger partial charge in [-0.25, -0.2) is 0 Å². The summed E-state index contributed by atoms with van der Waals surface area (Å²) in [5, 5.41) is 0. The first-order valence-corrected chi connectivity index (χ1v) is 5.36. The summed E-state index contributed by atoms with van der Waals surface area (Å²) in [6.45, 7) is 0. The molecule has 1 nitrogen and oxygen atoms in total. The fourth-order valence-electron chi connectivity index (χ4n) is 2.36. The third-order valence-electron chi connectivity index (χ3n) is 3.23. The lowest BCUT2D eigenvalue weighted by molar-refractivity contribution is -0.115. The second kappa shape index (κ2) is 3.20. The van der Waals surface area contributed by atoms with E-state index in [1.165, 1.54) is 16.7 Å². The van der Waals surface area contributed by atoms with Crippen LogP contribution in [0.5, 0.6) is 0 Å². The van der Waals surface area contributed by atoms with E-state index in [1.807, 2.05) is 12.1 Å². The predicted molar refractivity (Wildman–Crippen MR) is 60.4 cm³/mol. The molecule has 74 valence electrons. The Kier molecular flexibility index (Phi) is 1.84. The highest BCUT2D eigenvalue weighted by Gasteiger charge is 2.23. The van der Waals surface area contributed by atoms with E-state index in [0.29, 0.717) is 12.2 Å². The van der Waals surface area contributed by atoms with Gasteiger partial charge in [-0.05, 0) is 23.1 Å². The smallest absolute Gasteiger partial charge is 0.159 e. The average molecular weight is 196 g/mol. The Morgan fingerprint density at radius 1 is 1.00 bits per heavy atom. The summed E-state index contributed by atoms with van der Waals surface area (Å²) >= 11 is 0. The van der Waals surface area contributed by atoms with Crippen LogP contribution in [0.2, 0.25) is 0 Å². The van der Waals surface area contributed by atoms with E-state index >= 15 is 0 Å². The average Bonchev–Trinajstić information content (AvgIpc) is 2.51. The van der Waals surface area contributed by atoms with E-state index in [9.17, 15) is 4.79 Å². The Morgan fingerprint density at radius 3 is 2.80 bits per heavy atom. The summed E-state index contributed by atoms with van der Waals surface area (Å²) in [7, 11) is 0. The van der Waals surface area contributed by atoms with Crippen molar-refractivity contribution in [1.29, 1.82) is 0 Å². The largest absolute Gasteiger partial charge is 0.295 e. The maximum absolute atomic E-state index is 11.7. The molecule has 0 bridgehead atoms. The Bertz CT molecular complexity index is 492. The number of ketones is 1. The van der Waals surface area contributed by atoms with Crippen molar-refractivity contribution >= 4 is 11.9 Å². The van der Waals surface area contributed by atoms with Crippen LogP contribution in [0, 0.1) is 0 Å². The number of hydrogen-bond acceptors (Lipinski definition) is 1. The molecule has 3 rings (SSSR count). The minimum absolute atomic E-state index is 0.339. The number of benzene rings is 1. The highest BCUT2D eigenvalue weighted by atomic mass is 16.1. The molecule has 1 heteroatoms. The van der Waals surface area contributed by atoms with Crippen LogP contribution < -0.4 is 0 Å². The van der Waals surface area contributed by atoms with Crippen molar-refractivity contribution in [3.8, 4) is 0 Å². The first-order valence-electron chi connectivity index (χ1n) is 5.36. The third-order valence-corrected chi connectivity index (χ3v) is 3.23. The van der Waals surface area contributed by atoms with Gasteiger partial charge in [0.15, 0.2) is 5.78 Å². The van der Waals surface area contributed by atoms with E-state index in [0.717, 1.165) is 18.4 Å². The predicted octanol–water partition coefficient (Wildman–Crippen LogP) is 2.92. The number of hydrogen-bond donors (Lipinski definition) is 0. The van der Waals surface area contributed by atoms with Crippen molar-refractivity contribution in [2.75, 3.05) is 0 Å².